The number of Topliss-reactive ketones (excluding diaryl/α,β-unsaturated/α-hetero) is 1. The molecule has 0 aromatic rings. The van der Waals surface area contributed by atoms with E-state index in [1.165, 1.54) is 35.0 Å². The Hall–Kier alpha value is -2.73. The lowest BCUT2D eigenvalue weighted by Gasteiger charge is -2.48. The molecule has 0 bridgehead atoms. The fraction of sp³-hybridized carbons (Fsp3) is 0.878. The molecule has 16 heteroatoms. The quantitative estimate of drug-likeness (QED) is 0.235. The van der Waals surface area contributed by atoms with Crippen molar-refractivity contribution in [3.05, 3.63) is 0 Å². The molecule has 3 saturated heterocycles. The first-order valence-corrected chi connectivity index (χ1v) is 20.2. The van der Waals surface area contributed by atoms with E-state index in [-0.39, 0.29) is 24.7 Å². The first-order chi connectivity index (χ1) is 26.5. The highest BCUT2D eigenvalue weighted by atomic mass is 16.7. The number of carbonyl (C=O) groups excluding carboxylic acids is 4. The molecule has 3 aliphatic rings. The Kier molecular flexibility index (Phi) is 17.5. The van der Waals surface area contributed by atoms with Crippen LogP contribution in [0.4, 0.5) is 0 Å². The van der Waals surface area contributed by atoms with Crippen molar-refractivity contribution in [3.63, 3.8) is 0 Å². The maximum absolute atomic E-state index is 14.5. The van der Waals surface area contributed by atoms with Gasteiger partial charge in [0.2, 0.25) is 0 Å². The molecule has 3 rings (SSSR count). The number of aliphatic hydroxyl groups excluding tert-OH is 1. The van der Waals surface area contributed by atoms with Crippen molar-refractivity contribution in [2.75, 3.05) is 14.2 Å². The SMILES string of the molecule is CO[C@H]1C[C@@H](C)O[C@@H](OC2[C@@H](C)[C@H](O[C@H]3C[C@@](C)(OC)[C@H](OC(C)=O)[C@H](C)O3)[C@@H](C)C(=O)O[C@H]([C@H](C)C(=O)O)[C@H](C)[C@H](OC(C)=O)[C@@H](C)C(=O)[C@H](C)C[C@@H]2C)[C@@H]1O. The molecule has 0 radical (unpaired) electrons. The Labute approximate surface area is 337 Å². The van der Waals surface area contributed by atoms with Crippen LogP contribution >= 0.6 is 0 Å². The van der Waals surface area contributed by atoms with E-state index in [2.05, 4.69) is 0 Å². The molecule has 3 heterocycles. The number of cyclic esters (lactones) is 1. The van der Waals surface area contributed by atoms with Crippen molar-refractivity contribution < 1.29 is 76.8 Å². The predicted molar refractivity (Wildman–Crippen MR) is 202 cm³/mol. The van der Waals surface area contributed by atoms with Crippen molar-refractivity contribution >= 4 is 29.7 Å². The van der Waals surface area contributed by atoms with Crippen molar-refractivity contribution in [1.29, 1.82) is 0 Å². The van der Waals surface area contributed by atoms with E-state index in [0.717, 1.165) is 0 Å². The van der Waals surface area contributed by atoms with Crippen molar-refractivity contribution in [2.24, 2.45) is 41.4 Å². The number of ketones is 1. The summed E-state index contributed by atoms with van der Waals surface area (Å²) in [7, 11) is 2.98. The Morgan fingerprint density at radius 2 is 1.44 bits per heavy atom. The number of aliphatic carboxylic acids is 1. The van der Waals surface area contributed by atoms with Crippen LogP contribution in [0.5, 0.6) is 0 Å². The summed E-state index contributed by atoms with van der Waals surface area (Å²) in [5.41, 5.74) is -1.06. The lowest BCUT2D eigenvalue weighted by Crippen LogP contribution is -2.59. The van der Waals surface area contributed by atoms with Gasteiger partial charge in [0.05, 0.1) is 48.3 Å². The third-order valence-electron chi connectivity index (χ3n) is 12.3. The Balaban J connectivity index is 2.21. The molecule has 57 heavy (non-hydrogen) atoms. The first kappa shape index (κ1) is 48.6. The molecule has 0 aromatic heterocycles. The topological polar surface area (TPSA) is 209 Å². The van der Waals surface area contributed by atoms with Gasteiger partial charge in [-0.2, -0.15) is 0 Å². The summed E-state index contributed by atoms with van der Waals surface area (Å²) < 4.78 is 54.8. The number of rotatable bonds is 10. The minimum absolute atomic E-state index is 0.0819. The Morgan fingerprint density at radius 1 is 0.825 bits per heavy atom. The number of methoxy groups -OCH3 is 2. The molecule has 0 amide bonds. The van der Waals surface area contributed by atoms with E-state index >= 15 is 0 Å². The zero-order valence-corrected chi connectivity index (χ0v) is 36.1. The molecule has 0 aromatic carbocycles. The van der Waals surface area contributed by atoms with Crippen LogP contribution in [0.25, 0.3) is 0 Å². The minimum atomic E-state index is -1.33. The third kappa shape index (κ3) is 11.7. The standard InChI is InChI=1S/C41H68O16/c1-18-15-19(2)33(57-40-32(45)29(49-13)16-20(3)51-40)22(5)36(55-30-17-41(12,50-14)37(26(9)52-30)54-28(11)43)25(8)39(48)56-35(24(7)38(46)47)23(6)34(53-27(10)42)21(4)31(18)44/h18-26,29-30,32-37,40,45H,15-17H2,1-14H3,(H,46,47)/t18-,19+,20-,21+,22-,23-,24+,25-,26+,29+,30+,32-,33?,34-,35+,36+,37-,40+,41-/m1/s1. The number of carboxylic acid groups (broad SMARTS) is 1. The van der Waals surface area contributed by atoms with Gasteiger partial charge in [-0.05, 0) is 47.0 Å². The zero-order valence-electron chi connectivity index (χ0n) is 36.1. The number of aliphatic hydroxyl groups is 1. The summed E-state index contributed by atoms with van der Waals surface area (Å²) in [5, 5.41) is 21.5. The highest BCUT2D eigenvalue weighted by Gasteiger charge is 2.52. The summed E-state index contributed by atoms with van der Waals surface area (Å²) in [5.74, 6) is -9.42. The van der Waals surface area contributed by atoms with E-state index in [1.54, 1.807) is 41.5 Å². The molecule has 19 atom stereocenters. The van der Waals surface area contributed by atoms with Crippen LogP contribution < -0.4 is 0 Å². The molecule has 2 N–H and O–H groups in total. The molecule has 3 fully saturated rings. The van der Waals surface area contributed by atoms with Gasteiger partial charge in [-0.3, -0.25) is 24.0 Å². The monoisotopic (exact) mass is 816 g/mol. The highest BCUT2D eigenvalue weighted by molar-refractivity contribution is 5.84. The molecule has 0 aliphatic carbocycles. The summed E-state index contributed by atoms with van der Waals surface area (Å²) >= 11 is 0. The fourth-order valence-corrected chi connectivity index (χ4v) is 8.97. The van der Waals surface area contributed by atoms with E-state index in [0.29, 0.717) is 6.42 Å². The van der Waals surface area contributed by atoms with Crippen LogP contribution in [0.1, 0.15) is 102 Å². The average molecular weight is 817 g/mol. The molecule has 0 saturated carbocycles. The molecular weight excluding hydrogens is 748 g/mol. The minimum Gasteiger partial charge on any atom is -0.481 e. The summed E-state index contributed by atoms with van der Waals surface area (Å²) in [6.07, 6.45) is -9.32. The smallest absolute Gasteiger partial charge is 0.311 e. The maximum Gasteiger partial charge on any atom is 0.311 e. The number of carboxylic acids is 1. The second kappa shape index (κ2) is 20.5. The number of hydrogen-bond donors (Lipinski definition) is 2. The molecule has 1 unspecified atom stereocenters. The Morgan fingerprint density at radius 3 is 1.98 bits per heavy atom. The van der Waals surface area contributed by atoms with Crippen LogP contribution in [-0.4, -0.2) is 127 Å². The Bertz CT molecular complexity index is 1390. The largest absolute Gasteiger partial charge is 0.481 e. The number of carbonyl (C=O) groups is 5. The molecular formula is C41H68O16. The van der Waals surface area contributed by atoms with Gasteiger partial charge in [0, 0.05) is 58.7 Å². The van der Waals surface area contributed by atoms with Crippen molar-refractivity contribution in [3.8, 4) is 0 Å². The second-order valence-electron chi connectivity index (χ2n) is 17.0. The molecule has 328 valence electrons. The van der Waals surface area contributed by atoms with Crippen LogP contribution in [0.15, 0.2) is 0 Å². The van der Waals surface area contributed by atoms with Crippen molar-refractivity contribution in [1.82, 2.24) is 0 Å². The van der Waals surface area contributed by atoms with Crippen LogP contribution in [0.2, 0.25) is 0 Å². The van der Waals surface area contributed by atoms with Crippen LogP contribution in [0.3, 0.4) is 0 Å². The lowest BCUT2D eigenvalue weighted by molar-refractivity contribution is -0.313. The number of hydrogen-bond acceptors (Lipinski definition) is 15. The van der Waals surface area contributed by atoms with Gasteiger partial charge in [-0.15, -0.1) is 0 Å². The van der Waals surface area contributed by atoms with Gasteiger partial charge >= 0.3 is 23.9 Å². The number of ether oxygens (including phenoxy) is 9. The second-order valence-corrected chi connectivity index (χ2v) is 17.0. The van der Waals surface area contributed by atoms with Gasteiger partial charge in [-0.25, -0.2) is 0 Å². The van der Waals surface area contributed by atoms with E-state index in [4.69, 9.17) is 42.6 Å². The summed E-state index contributed by atoms with van der Waals surface area (Å²) in [4.78, 5) is 65.6. The van der Waals surface area contributed by atoms with E-state index in [1.807, 2.05) is 20.8 Å². The zero-order chi connectivity index (χ0) is 43.3. The van der Waals surface area contributed by atoms with Crippen LogP contribution in [-0.2, 0) is 66.6 Å². The van der Waals surface area contributed by atoms with Gasteiger partial charge < -0.3 is 52.8 Å². The van der Waals surface area contributed by atoms with E-state index < -0.39 is 132 Å². The molecule has 16 nitrogen and oxygen atoms in total. The maximum atomic E-state index is 14.5. The highest BCUT2D eigenvalue weighted by Crippen LogP contribution is 2.40. The van der Waals surface area contributed by atoms with Gasteiger partial charge in [0.25, 0.3) is 0 Å². The summed E-state index contributed by atoms with van der Waals surface area (Å²) in [6.45, 7) is 19.5. The predicted octanol–water partition coefficient (Wildman–Crippen LogP) is 4.09. The van der Waals surface area contributed by atoms with Crippen LogP contribution in [0, 0.1) is 41.4 Å². The number of esters is 3. The van der Waals surface area contributed by atoms with E-state index in [9.17, 15) is 34.2 Å². The normalized spacial score (nSPS) is 43.2. The van der Waals surface area contributed by atoms with Crippen molar-refractivity contribution in [2.45, 2.75) is 175 Å². The van der Waals surface area contributed by atoms with Gasteiger partial charge in [0.1, 0.15) is 29.7 Å². The fourth-order valence-electron chi connectivity index (χ4n) is 8.97. The average Bonchev–Trinajstić information content (AvgIpc) is 3.14. The first-order valence-electron chi connectivity index (χ1n) is 20.2. The van der Waals surface area contributed by atoms with Gasteiger partial charge in [-0.1, -0.05) is 34.6 Å². The lowest BCUT2D eigenvalue weighted by atomic mass is 9.76. The summed E-state index contributed by atoms with van der Waals surface area (Å²) in [6, 6.07) is 0. The third-order valence-corrected chi connectivity index (χ3v) is 12.3. The molecule has 0 spiro atoms. The van der Waals surface area contributed by atoms with Gasteiger partial charge in [0.15, 0.2) is 18.7 Å². The molecule has 3 aliphatic heterocycles.